The maximum atomic E-state index is 12.8. The number of primary sulfonamides is 1. The Morgan fingerprint density at radius 1 is 1.11 bits per heavy atom. The van der Waals surface area contributed by atoms with Crippen molar-refractivity contribution in [2.75, 3.05) is 5.32 Å². The minimum atomic E-state index is -3.82. The van der Waals surface area contributed by atoms with E-state index in [1.165, 1.54) is 31.2 Å². The van der Waals surface area contributed by atoms with Gasteiger partial charge < -0.3 is 5.32 Å². The Labute approximate surface area is 156 Å². The van der Waals surface area contributed by atoms with E-state index in [1.807, 2.05) is 12.2 Å². The van der Waals surface area contributed by atoms with Crippen LogP contribution in [0.1, 0.15) is 13.3 Å². The Bertz CT molecular complexity index is 939. The summed E-state index contributed by atoms with van der Waals surface area (Å²) in [6.45, 7) is 1.51. The molecule has 27 heavy (non-hydrogen) atoms. The zero-order chi connectivity index (χ0) is 19.5. The lowest BCUT2D eigenvalue weighted by molar-refractivity contribution is -0.146. The van der Waals surface area contributed by atoms with Gasteiger partial charge in [-0.1, -0.05) is 12.2 Å². The molecule has 2 fully saturated rings. The van der Waals surface area contributed by atoms with E-state index in [0.29, 0.717) is 5.69 Å². The van der Waals surface area contributed by atoms with Crippen LogP contribution in [-0.4, -0.2) is 37.1 Å². The number of fused-ring (bicyclic) bond motifs is 5. The number of carbonyl (C=O) groups excluding carboxylic acids is 3. The molecule has 5 atom stereocenters. The average molecular weight is 389 g/mol. The summed E-state index contributed by atoms with van der Waals surface area (Å²) in [5, 5.41) is 7.65. The summed E-state index contributed by atoms with van der Waals surface area (Å²) in [7, 11) is -3.82. The van der Waals surface area contributed by atoms with Crippen LogP contribution in [0.4, 0.5) is 5.69 Å². The highest BCUT2D eigenvalue weighted by Crippen LogP contribution is 2.52. The van der Waals surface area contributed by atoms with E-state index in [4.69, 9.17) is 5.14 Å². The van der Waals surface area contributed by atoms with E-state index in [0.717, 1.165) is 11.3 Å². The van der Waals surface area contributed by atoms with Gasteiger partial charge in [0.2, 0.25) is 27.7 Å². The maximum absolute atomic E-state index is 12.8. The van der Waals surface area contributed by atoms with Gasteiger partial charge >= 0.3 is 0 Å². The number of hydrogen-bond acceptors (Lipinski definition) is 5. The molecule has 1 aromatic rings. The van der Waals surface area contributed by atoms with Crippen LogP contribution in [0.15, 0.2) is 41.3 Å². The molecule has 0 aromatic heterocycles. The van der Waals surface area contributed by atoms with Crippen molar-refractivity contribution in [3.8, 4) is 0 Å². The van der Waals surface area contributed by atoms with Gasteiger partial charge in [-0.05, 0) is 49.4 Å². The molecule has 8 nitrogen and oxygen atoms in total. The van der Waals surface area contributed by atoms with Crippen molar-refractivity contribution < 1.29 is 22.8 Å². The Morgan fingerprint density at radius 3 is 2.11 bits per heavy atom. The van der Waals surface area contributed by atoms with Crippen LogP contribution in [0.2, 0.25) is 0 Å². The van der Waals surface area contributed by atoms with E-state index in [1.54, 1.807) is 0 Å². The number of benzene rings is 1. The van der Waals surface area contributed by atoms with E-state index in [2.05, 4.69) is 5.32 Å². The molecule has 3 N–H and O–H groups in total. The van der Waals surface area contributed by atoms with Crippen LogP contribution in [0.5, 0.6) is 0 Å². The summed E-state index contributed by atoms with van der Waals surface area (Å²) >= 11 is 0. The van der Waals surface area contributed by atoms with Gasteiger partial charge in [-0.2, -0.15) is 0 Å². The van der Waals surface area contributed by atoms with E-state index < -0.39 is 22.0 Å². The van der Waals surface area contributed by atoms with Gasteiger partial charge in [-0.3, -0.25) is 19.3 Å². The van der Waals surface area contributed by atoms with Crippen LogP contribution in [-0.2, 0) is 24.4 Å². The molecule has 1 saturated carbocycles. The largest absolute Gasteiger partial charge is 0.324 e. The number of allylic oxidation sites excluding steroid dienone is 2. The molecule has 1 saturated heterocycles. The predicted molar refractivity (Wildman–Crippen MR) is 95.5 cm³/mol. The molecular weight excluding hydrogens is 370 g/mol. The van der Waals surface area contributed by atoms with Crippen molar-refractivity contribution >= 4 is 33.4 Å². The number of sulfonamides is 1. The lowest BCUT2D eigenvalue weighted by Crippen LogP contribution is -2.46. The van der Waals surface area contributed by atoms with Crippen molar-refractivity contribution in [3.05, 3.63) is 36.4 Å². The molecule has 9 heteroatoms. The number of nitrogens with two attached hydrogens (primary N) is 1. The van der Waals surface area contributed by atoms with Crippen molar-refractivity contribution in [1.29, 1.82) is 0 Å². The number of carbonyl (C=O) groups is 3. The standard InChI is InChI=1S/C18H19N3O5S/c1-9(16(22)20-12-4-6-13(7-5-12)27(19,25)26)21-17(23)14-10-2-3-11(8-10)15(14)18(21)24/h2-7,9-11,14-15H,8H2,1H3,(H,20,22)(H2,19,25,26)/t9-,10-,11+,14+,15+/m1/s1. The summed E-state index contributed by atoms with van der Waals surface area (Å²) < 4.78 is 22.6. The third-order valence-corrected chi connectivity index (χ3v) is 6.65. The molecule has 3 amide bonds. The monoisotopic (exact) mass is 389 g/mol. The van der Waals surface area contributed by atoms with Gasteiger partial charge in [-0.25, -0.2) is 13.6 Å². The maximum Gasteiger partial charge on any atom is 0.247 e. The van der Waals surface area contributed by atoms with Gasteiger partial charge in [0.05, 0.1) is 16.7 Å². The highest BCUT2D eigenvalue weighted by atomic mass is 32.2. The summed E-state index contributed by atoms with van der Waals surface area (Å²) in [4.78, 5) is 39.1. The molecule has 142 valence electrons. The smallest absolute Gasteiger partial charge is 0.247 e. The number of amides is 3. The fourth-order valence-corrected chi connectivity index (χ4v) is 4.91. The van der Waals surface area contributed by atoms with Crippen molar-refractivity contribution in [2.24, 2.45) is 28.8 Å². The first-order valence-electron chi connectivity index (χ1n) is 8.67. The Hall–Kier alpha value is -2.52. The molecule has 1 heterocycles. The average Bonchev–Trinajstić information content (AvgIpc) is 3.28. The lowest BCUT2D eigenvalue weighted by atomic mass is 9.85. The molecule has 3 aliphatic rings. The molecule has 0 spiro atoms. The summed E-state index contributed by atoms with van der Waals surface area (Å²) in [6, 6.07) is 4.40. The van der Waals surface area contributed by atoms with Crippen LogP contribution in [0.3, 0.4) is 0 Å². The number of nitrogens with one attached hydrogen (secondary N) is 1. The van der Waals surface area contributed by atoms with Crippen LogP contribution < -0.4 is 10.5 Å². The molecule has 2 aliphatic carbocycles. The van der Waals surface area contributed by atoms with E-state index >= 15 is 0 Å². The van der Waals surface area contributed by atoms with Crippen LogP contribution in [0.25, 0.3) is 0 Å². The number of nitrogens with zero attached hydrogens (tertiary/aromatic N) is 1. The molecule has 2 bridgehead atoms. The second-order valence-electron chi connectivity index (χ2n) is 7.28. The molecule has 0 radical (unpaired) electrons. The van der Waals surface area contributed by atoms with Crippen molar-refractivity contribution in [3.63, 3.8) is 0 Å². The summed E-state index contributed by atoms with van der Waals surface area (Å²) in [6.07, 6.45) is 4.83. The Balaban J connectivity index is 1.48. The minimum Gasteiger partial charge on any atom is -0.324 e. The highest BCUT2D eigenvalue weighted by Gasteiger charge is 2.60. The van der Waals surface area contributed by atoms with E-state index in [-0.39, 0.29) is 40.4 Å². The molecule has 1 aromatic carbocycles. The molecular formula is C18H19N3O5S. The zero-order valence-electron chi connectivity index (χ0n) is 14.5. The quantitative estimate of drug-likeness (QED) is 0.572. The Morgan fingerprint density at radius 2 is 1.63 bits per heavy atom. The second-order valence-corrected chi connectivity index (χ2v) is 8.84. The highest BCUT2D eigenvalue weighted by molar-refractivity contribution is 7.89. The van der Waals surface area contributed by atoms with Gasteiger partial charge in [0.1, 0.15) is 6.04 Å². The van der Waals surface area contributed by atoms with Gasteiger partial charge in [-0.15, -0.1) is 0 Å². The van der Waals surface area contributed by atoms with Gasteiger partial charge in [0.25, 0.3) is 0 Å². The van der Waals surface area contributed by atoms with Crippen LogP contribution in [0, 0.1) is 23.7 Å². The number of imide groups is 1. The molecule has 0 unspecified atom stereocenters. The fraction of sp³-hybridized carbons (Fsp3) is 0.389. The topological polar surface area (TPSA) is 127 Å². The van der Waals surface area contributed by atoms with E-state index in [9.17, 15) is 22.8 Å². The zero-order valence-corrected chi connectivity index (χ0v) is 15.3. The Kier molecular flexibility index (Phi) is 3.97. The summed E-state index contributed by atoms with van der Waals surface area (Å²) in [5.74, 6) is -1.61. The van der Waals surface area contributed by atoms with Crippen molar-refractivity contribution in [1.82, 2.24) is 4.90 Å². The molecule has 1 aliphatic heterocycles. The molecule has 4 rings (SSSR count). The first-order valence-corrected chi connectivity index (χ1v) is 10.2. The van der Waals surface area contributed by atoms with Crippen molar-refractivity contribution in [2.45, 2.75) is 24.3 Å². The second kappa shape index (κ2) is 6.00. The first kappa shape index (κ1) is 17.9. The number of hydrogen-bond donors (Lipinski definition) is 2. The fourth-order valence-electron chi connectivity index (χ4n) is 4.40. The lowest BCUT2D eigenvalue weighted by Gasteiger charge is -2.23. The van der Waals surface area contributed by atoms with Crippen LogP contribution >= 0.6 is 0 Å². The van der Waals surface area contributed by atoms with Gasteiger partial charge in [0.15, 0.2) is 0 Å². The minimum absolute atomic E-state index is 0.0748. The predicted octanol–water partition coefficient (Wildman–Crippen LogP) is 0.468. The number of rotatable bonds is 4. The third-order valence-electron chi connectivity index (χ3n) is 5.72. The number of anilines is 1. The normalized spacial score (nSPS) is 29.9. The first-order chi connectivity index (χ1) is 12.7. The van der Waals surface area contributed by atoms with Gasteiger partial charge in [0, 0.05) is 5.69 Å². The number of likely N-dealkylation sites (tertiary alicyclic amines) is 1. The SMILES string of the molecule is C[C@H](C(=O)Nc1ccc(S(N)(=O)=O)cc1)N1C(=O)[C@@H]2[C@@H](C1=O)[C@H]1C=C[C@@H]2C1. The summed E-state index contributed by atoms with van der Waals surface area (Å²) in [5.41, 5.74) is 0.347. The third kappa shape index (κ3) is 2.78.